The van der Waals surface area contributed by atoms with Gasteiger partial charge in [0.1, 0.15) is 13.2 Å². The van der Waals surface area contributed by atoms with Crippen LogP contribution in [0.25, 0.3) is 0 Å². The maximum atomic E-state index is 14.2. The summed E-state index contributed by atoms with van der Waals surface area (Å²) in [5.41, 5.74) is 1.57. The third-order valence-electron chi connectivity index (χ3n) is 6.41. The standard InChI is InChI=1S/C27H29ClFN3O3S/c1-3-18(2)32(27(34)30-20-8-6-7-19(28)15-20)16-26(33)31-13-11-25-21(12-14-36-25)23(31)17-35-24-10-5-4-9-22(24)29/h4-10,12,14-15,18,23H,3,11,13,16-17H2,1-2H3,(H,30,34)/t18-,23+/m0/s1. The van der Waals surface area contributed by atoms with Gasteiger partial charge in [0.05, 0.1) is 6.04 Å². The molecule has 190 valence electrons. The third-order valence-corrected chi connectivity index (χ3v) is 7.65. The van der Waals surface area contributed by atoms with Gasteiger partial charge >= 0.3 is 6.03 Å². The predicted octanol–water partition coefficient (Wildman–Crippen LogP) is 6.38. The Morgan fingerprint density at radius 3 is 2.81 bits per heavy atom. The topological polar surface area (TPSA) is 61.9 Å². The van der Waals surface area contributed by atoms with E-state index in [0.717, 1.165) is 12.0 Å². The van der Waals surface area contributed by atoms with Gasteiger partial charge in [-0.25, -0.2) is 9.18 Å². The lowest BCUT2D eigenvalue weighted by Gasteiger charge is -2.38. The first-order valence-electron chi connectivity index (χ1n) is 11.9. The molecule has 3 amide bonds. The number of hydrogen-bond acceptors (Lipinski definition) is 4. The largest absolute Gasteiger partial charge is 0.488 e. The number of carbonyl (C=O) groups is 2. The summed E-state index contributed by atoms with van der Waals surface area (Å²) in [6.45, 7) is 4.42. The molecule has 1 N–H and O–H groups in total. The van der Waals surface area contributed by atoms with Gasteiger partial charge in [-0.1, -0.05) is 36.7 Å². The second-order valence-corrected chi connectivity index (χ2v) is 10.2. The van der Waals surface area contributed by atoms with E-state index in [1.807, 2.05) is 25.3 Å². The van der Waals surface area contributed by atoms with Crippen LogP contribution in [0, 0.1) is 5.82 Å². The fourth-order valence-corrected chi connectivity index (χ4v) is 5.37. The lowest BCUT2D eigenvalue weighted by Crippen LogP contribution is -2.50. The van der Waals surface area contributed by atoms with E-state index >= 15 is 0 Å². The fraction of sp³-hybridized carbons (Fsp3) is 0.333. The molecule has 0 aliphatic carbocycles. The molecule has 0 bridgehead atoms. The summed E-state index contributed by atoms with van der Waals surface area (Å²) in [4.78, 5) is 31.3. The van der Waals surface area contributed by atoms with E-state index in [1.165, 1.54) is 10.9 Å². The van der Waals surface area contributed by atoms with Crippen LogP contribution in [0.2, 0.25) is 5.02 Å². The number of rotatable bonds is 8. The van der Waals surface area contributed by atoms with Crippen molar-refractivity contribution in [3.63, 3.8) is 0 Å². The average molecular weight is 530 g/mol. The minimum absolute atomic E-state index is 0.0862. The molecule has 1 aliphatic heterocycles. The van der Waals surface area contributed by atoms with E-state index in [9.17, 15) is 14.0 Å². The smallest absolute Gasteiger partial charge is 0.322 e. The van der Waals surface area contributed by atoms with Gasteiger partial charge < -0.3 is 19.9 Å². The van der Waals surface area contributed by atoms with Crippen LogP contribution in [-0.4, -0.2) is 47.5 Å². The molecule has 0 saturated carbocycles. The number of amides is 3. The van der Waals surface area contributed by atoms with Crippen LogP contribution in [0.1, 0.15) is 36.8 Å². The molecule has 1 aliphatic rings. The zero-order valence-corrected chi connectivity index (χ0v) is 21.8. The second-order valence-electron chi connectivity index (χ2n) is 8.72. The second kappa shape index (κ2) is 11.8. The number of fused-ring (bicyclic) bond motifs is 1. The van der Waals surface area contributed by atoms with Crippen molar-refractivity contribution >= 4 is 40.6 Å². The van der Waals surface area contributed by atoms with E-state index in [2.05, 4.69) is 5.32 Å². The Kier molecular flexibility index (Phi) is 8.48. The summed E-state index contributed by atoms with van der Waals surface area (Å²) in [5, 5.41) is 5.36. The molecule has 3 aromatic rings. The van der Waals surface area contributed by atoms with Gasteiger partial charge in [-0.2, -0.15) is 0 Å². The maximum absolute atomic E-state index is 14.2. The zero-order chi connectivity index (χ0) is 25.7. The molecule has 1 aromatic heterocycles. The highest BCUT2D eigenvalue weighted by Crippen LogP contribution is 2.34. The van der Waals surface area contributed by atoms with Gasteiger partial charge in [-0.3, -0.25) is 4.79 Å². The molecule has 2 aromatic carbocycles. The summed E-state index contributed by atoms with van der Waals surface area (Å²) in [6, 6.07) is 14.2. The quantitative estimate of drug-likeness (QED) is 0.368. The van der Waals surface area contributed by atoms with E-state index in [4.69, 9.17) is 16.3 Å². The molecule has 2 heterocycles. The summed E-state index contributed by atoms with van der Waals surface area (Å²) >= 11 is 7.70. The molecule has 2 atom stereocenters. The number of urea groups is 1. The Balaban J connectivity index is 1.52. The molecule has 4 rings (SSSR count). The van der Waals surface area contributed by atoms with Gasteiger partial charge in [0.25, 0.3) is 0 Å². The Morgan fingerprint density at radius 1 is 1.25 bits per heavy atom. The van der Waals surface area contributed by atoms with Crippen molar-refractivity contribution in [1.82, 2.24) is 9.80 Å². The molecule has 0 radical (unpaired) electrons. The van der Waals surface area contributed by atoms with Crippen LogP contribution in [0.5, 0.6) is 5.75 Å². The molecule has 36 heavy (non-hydrogen) atoms. The van der Waals surface area contributed by atoms with Crippen molar-refractivity contribution in [1.29, 1.82) is 0 Å². The van der Waals surface area contributed by atoms with Gasteiger partial charge in [-0.05, 0) is 67.1 Å². The number of para-hydroxylation sites is 1. The Hall–Kier alpha value is -3.10. The first kappa shape index (κ1) is 26.0. The summed E-state index contributed by atoms with van der Waals surface area (Å²) in [5.74, 6) is -0.484. The molecule has 6 nitrogen and oxygen atoms in total. The van der Waals surface area contributed by atoms with Crippen molar-refractivity contribution in [3.05, 3.63) is 81.3 Å². The minimum atomic E-state index is -0.447. The normalized spacial score (nSPS) is 15.7. The molecule has 0 unspecified atom stereocenters. The van der Waals surface area contributed by atoms with Gasteiger partial charge in [0.2, 0.25) is 5.91 Å². The average Bonchev–Trinajstić information content (AvgIpc) is 3.35. The lowest BCUT2D eigenvalue weighted by atomic mass is 10.00. The number of halogens is 2. The van der Waals surface area contributed by atoms with Crippen molar-refractivity contribution in [2.24, 2.45) is 0 Å². The number of thiophene rings is 1. The van der Waals surface area contributed by atoms with Crippen LogP contribution < -0.4 is 10.1 Å². The third kappa shape index (κ3) is 5.99. The SMILES string of the molecule is CC[C@H](C)N(CC(=O)N1CCc2sccc2[C@H]1COc1ccccc1F)C(=O)Nc1cccc(Cl)c1. The number of ether oxygens (including phenoxy) is 1. The van der Waals surface area contributed by atoms with Crippen molar-refractivity contribution in [2.75, 3.05) is 25.0 Å². The van der Waals surface area contributed by atoms with Crippen molar-refractivity contribution < 1.29 is 18.7 Å². The number of hydrogen-bond donors (Lipinski definition) is 1. The van der Waals surface area contributed by atoms with Crippen LogP contribution in [0.15, 0.2) is 60.0 Å². The number of benzene rings is 2. The Morgan fingerprint density at radius 2 is 2.06 bits per heavy atom. The van der Waals surface area contributed by atoms with E-state index in [0.29, 0.717) is 23.7 Å². The molecule has 9 heteroatoms. The number of nitrogens with zero attached hydrogens (tertiary/aromatic N) is 2. The Labute approximate surface area is 219 Å². The van der Waals surface area contributed by atoms with Crippen LogP contribution in [-0.2, 0) is 11.2 Å². The van der Waals surface area contributed by atoms with E-state index < -0.39 is 5.82 Å². The molecule has 0 spiro atoms. The van der Waals surface area contributed by atoms with Crippen molar-refractivity contribution in [3.8, 4) is 5.75 Å². The molecule has 0 fully saturated rings. The molecule has 0 saturated heterocycles. The zero-order valence-electron chi connectivity index (χ0n) is 20.2. The van der Waals surface area contributed by atoms with E-state index in [1.54, 1.807) is 63.6 Å². The first-order valence-corrected chi connectivity index (χ1v) is 13.2. The molecular formula is C27H29ClFN3O3S. The van der Waals surface area contributed by atoms with Gasteiger partial charge in [0.15, 0.2) is 11.6 Å². The van der Waals surface area contributed by atoms with Gasteiger partial charge in [-0.15, -0.1) is 11.3 Å². The summed E-state index contributed by atoms with van der Waals surface area (Å²) < 4.78 is 20.0. The summed E-state index contributed by atoms with van der Waals surface area (Å²) in [6.07, 6.45) is 1.41. The fourth-order valence-electron chi connectivity index (χ4n) is 4.25. The predicted molar refractivity (Wildman–Crippen MR) is 141 cm³/mol. The van der Waals surface area contributed by atoms with Crippen LogP contribution in [0.3, 0.4) is 0 Å². The highest BCUT2D eigenvalue weighted by molar-refractivity contribution is 7.10. The Bertz CT molecular complexity index is 1220. The highest BCUT2D eigenvalue weighted by atomic mass is 35.5. The number of anilines is 1. The number of carbonyl (C=O) groups excluding carboxylic acids is 2. The first-order chi connectivity index (χ1) is 17.4. The van der Waals surface area contributed by atoms with Crippen LogP contribution in [0.4, 0.5) is 14.9 Å². The van der Waals surface area contributed by atoms with Crippen molar-refractivity contribution in [2.45, 2.75) is 38.8 Å². The molecular weight excluding hydrogens is 501 g/mol. The minimum Gasteiger partial charge on any atom is -0.488 e. The lowest BCUT2D eigenvalue weighted by molar-refractivity contribution is -0.135. The number of nitrogens with one attached hydrogen (secondary N) is 1. The maximum Gasteiger partial charge on any atom is 0.322 e. The summed E-state index contributed by atoms with van der Waals surface area (Å²) in [7, 11) is 0. The van der Waals surface area contributed by atoms with E-state index in [-0.39, 0.29) is 42.9 Å². The van der Waals surface area contributed by atoms with Crippen LogP contribution >= 0.6 is 22.9 Å². The van der Waals surface area contributed by atoms with Gasteiger partial charge in [0, 0.05) is 28.2 Å². The monoisotopic (exact) mass is 529 g/mol. The highest BCUT2D eigenvalue weighted by Gasteiger charge is 2.34.